The summed E-state index contributed by atoms with van der Waals surface area (Å²) in [6, 6.07) is 6.50. The molecule has 1 aliphatic rings. The fraction of sp³-hybridized carbons (Fsp3) is 0.650. The van der Waals surface area contributed by atoms with Gasteiger partial charge in [0.05, 0.1) is 6.10 Å². The van der Waals surface area contributed by atoms with E-state index in [0.29, 0.717) is 12.6 Å². The number of piperidine rings is 1. The van der Waals surface area contributed by atoms with Crippen LogP contribution in [0, 0.1) is 13.8 Å². The maximum Gasteiger partial charge on any atom is 0.315 e. The minimum atomic E-state index is -0.0796. The largest absolute Gasteiger partial charge is 0.381 e. The molecule has 1 aliphatic heterocycles. The summed E-state index contributed by atoms with van der Waals surface area (Å²) in [5, 5.41) is 6.01. The van der Waals surface area contributed by atoms with Crippen LogP contribution < -0.4 is 10.6 Å². The van der Waals surface area contributed by atoms with E-state index in [-0.39, 0.29) is 12.1 Å². The van der Waals surface area contributed by atoms with E-state index in [1.165, 1.54) is 16.7 Å². The number of carbonyl (C=O) groups excluding carboxylic acids is 1. The summed E-state index contributed by atoms with van der Waals surface area (Å²) >= 11 is 0. The maximum atomic E-state index is 12.1. The van der Waals surface area contributed by atoms with Crippen molar-refractivity contribution in [2.24, 2.45) is 0 Å². The molecule has 0 radical (unpaired) electrons. The summed E-state index contributed by atoms with van der Waals surface area (Å²) in [5.41, 5.74) is 3.85. The highest BCUT2D eigenvalue weighted by Crippen LogP contribution is 2.13. The molecule has 1 atom stereocenters. The van der Waals surface area contributed by atoms with E-state index >= 15 is 0 Å². The molecule has 1 aromatic rings. The Kier molecular flexibility index (Phi) is 7.72. The number of rotatable bonds is 7. The fourth-order valence-corrected chi connectivity index (χ4v) is 3.43. The molecule has 2 rings (SSSR count). The Morgan fingerprint density at radius 3 is 2.68 bits per heavy atom. The van der Waals surface area contributed by atoms with Gasteiger partial charge in [0, 0.05) is 39.3 Å². The Labute approximate surface area is 152 Å². The first-order valence-corrected chi connectivity index (χ1v) is 9.33. The molecule has 2 amide bonds. The van der Waals surface area contributed by atoms with Crippen LogP contribution in [0.15, 0.2) is 18.2 Å². The molecule has 1 aromatic carbocycles. The number of hydrogen-bond acceptors (Lipinski definition) is 3. The van der Waals surface area contributed by atoms with Crippen molar-refractivity contribution in [1.29, 1.82) is 0 Å². The van der Waals surface area contributed by atoms with E-state index in [1.54, 1.807) is 7.11 Å². The molecule has 0 aromatic heterocycles. The molecule has 1 saturated heterocycles. The lowest BCUT2D eigenvalue weighted by Crippen LogP contribution is -2.45. The van der Waals surface area contributed by atoms with Crippen LogP contribution in [0.25, 0.3) is 0 Å². The van der Waals surface area contributed by atoms with Gasteiger partial charge in [0.1, 0.15) is 0 Å². The van der Waals surface area contributed by atoms with Gasteiger partial charge in [-0.2, -0.15) is 0 Å². The molecule has 0 saturated carbocycles. The first-order chi connectivity index (χ1) is 12.0. The van der Waals surface area contributed by atoms with E-state index in [0.717, 1.165) is 38.9 Å². The highest BCUT2D eigenvalue weighted by molar-refractivity contribution is 5.74. The van der Waals surface area contributed by atoms with Gasteiger partial charge in [-0.25, -0.2) is 4.79 Å². The van der Waals surface area contributed by atoms with Crippen LogP contribution in [0.5, 0.6) is 0 Å². The van der Waals surface area contributed by atoms with Crippen molar-refractivity contribution < 1.29 is 9.53 Å². The second-order valence-corrected chi connectivity index (χ2v) is 7.21. The van der Waals surface area contributed by atoms with Crippen LogP contribution in [0.1, 0.15) is 36.5 Å². The third-order valence-corrected chi connectivity index (χ3v) is 4.98. The van der Waals surface area contributed by atoms with Crippen molar-refractivity contribution in [2.75, 3.05) is 33.3 Å². The van der Waals surface area contributed by atoms with Gasteiger partial charge in [0.15, 0.2) is 0 Å². The van der Waals surface area contributed by atoms with Gasteiger partial charge in [-0.15, -0.1) is 0 Å². The summed E-state index contributed by atoms with van der Waals surface area (Å²) in [6.45, 7) is 9.95. The lowest BCUT2D eigenvalue weighted by atomic mass is 10.00. The monoisotopic (exact) mass is 347 g/mol. The third-order valence-electron chi connectivity index (χ3n) is 4.98. The molecule has 5 nitrogen and oxygen atoms in total. The zero-order valence-corrected chi connectivity index (χ0v) is 16.1. The quantitative estimate of drug-likeness (QED) is 0.797. The second kappa shape index (κ2) is 9.78. The average Bonchev–Trinajstić information content (AvgIpc) is 2.58. The lowest BCUT2D eigenvalue weighted by molar-refractivity contribution is 0.0416. The van der Waals surface area contributed by atoms with Crippen LogP contribution in [-0.4, -0.2) is 56.4 Å². The Hall–Kier alpha value is -1.59. The zero-order chi connectivity index (χ0) is 18.2. The molecule has 0 unspecified atom stereocenters. The number of likely N-dealkylation sites (tertiary alicyclic amines) is 1. The predicted molar refractivity (Wildman–Crippen MR) is 102 cm³/mol. The van der Waals surface area contributed by atoms with Crippen molar-refractivity contribution in [1.82, 2.24) is 15.5 Å². The zero-order valence-electron chi connectivity index (χ0n) is 16.1. The number of amides is 2. The van der Waals surface area contributed by atoms with E-state index < -0.39 is 0 Å². The first kappa shape index (κ1) is 19.7. The molecule has 25 heavy (non-hydrogen) atoms. The van der Waals surface area contributed by atoms with E-state index in [9.17, 15) is 4.79 Å². The Morgan fingerprint density at radius 1 is 1.32 bits per heavy atom. The summed E-state index contributed by atoms with van der Waals surface area (Å²) in [5.74, 6) is 0. The van der Waals surface area contributed by atoms with Gasteiger partial charge in [-0.3, -0.25) is 0 Å². The fourth-order valence-electron chi connectivity index (χ4n) is 3.43. The first-order valence-electron chi connectivity index (χ1n) is 9.33. The number of aryl methyl sites for hydroxylation is 2. The number of benzene rings is 1. The van der Waals surface area contributed by atoms with Gasteiger partial charge >= 0.3 is 6.03 Å². The van der Waals surface area contributed by atoms with Crippen LogP contribution in [0.3, 0.4) is 0 Å². The van der Waals surface area contributed by atoms with Crippen LogP contribution >= 0.6 is 0 Å². The molecule has 0 spiro atoms. The summed E-state index contributed by atoms with van der Waals surface area (Å²) in [4.78, 5) is 14.4. The smallest absolute Gasteiger partial charge is 0.315 e. The molecule has 140 valence electrons. The third kappa shape index (κ3) is 6.67. The molecule has 0 bridgehead atoms. The van der Waals surface area contributed by atoms with Crippen molar-refractivity contribution >= 4 is 6.03 Å². The van der Waals surface area contributed by atoms with Crippen molar-refractivity contribution in [3.05, 3.63) is 34.9 Å². The standard InChI is InChI=1S/C20H33N3O2/c1-15-5-6-18(16(2)13-15)14-17(3)22-20(24)21-9-12-23-10-7-19(25-4)8-11-23/h5-6,13,17,19H,7-12,14H2,1-4H3,(H2,21,22,24)/t17-/m0/s1. The summed E-state index contributed by atoms with van der Waals surface area (Å²) in [6.07, 6.45) is 3.41. The number of ether oxygens (including phenoxy) is 1. The Morgan fingerprint density at radius 2 is 2.04 bits per heavy atom. The van der Waals surface area contributed by atoms with E-state index in [4.69, 9.17) is 4.74 Å². The predicted octanol–water partition coefficient (Wildman–Crippen LogP) is 2.64. The molecule has 1 heterocycles. The number of urea groups is 1. The number of nitrogens with zero attached hydrogens (tertiary/aromatic N) is 1. The number of hydrogen-bond donors (Lipinski definition) is 2. The topological polar surface area (TPSA) is 53.6 Å². The number of methoxy groups -OCH3 is 1. The highest BCUT2D eigenvalue weighted by Gasteiger charge is 2.18. The maximum absolute atomic E-state index is 12.1. The van der Waals surface area contributed by atoms with E-state index in [1.807, 2.05) is 0 Å². The van der Waals surface area contributed by atoms with Gasteiger partial charge < -0.3 is 20.3 Å². The molecular weight excluding hydrogens is 314 g/mol. The van der Waals surface area contributed by atoms with Crippen molar-refractivity contribution in [3.8, 4) is 0 Å². The van der Waals surface area contributed by atoms with Crippen LogP contribution in [0.4, 0.5) is 4.79 Å². The van der Waals surface area contributed by atoms with Gasteiger partial charge in [-0.1, -0.05) is 23.8 Å². The van der Waals surface area contributed by atoms with Crippen LogP contribution in [-0.2, 0) is 11.2 Å². The van der Waals surface area contributed by atoms with E-state index in [2.05, 4.69) is 54.5 Å². The van der Waals surface area contributed by atoms with Crippen molar-refractivity contribution in [2.45, 2.75) is 52.2 Å². The SMILES string of the molecule is COC1CCN(CCNC(=O)N[C@@H](C)Cc2ccc(C)cc2C)CC1. The second-order valence-electron chi connectivity index (χ2n) is 7.21. The minimum Gasteiger partial charge on any atom is -0.381 e. The summed E-state index contributed by atoms with van der Waals surface area (Å²) in [7, 11) is 1.78. The molecule has 0 aliphatic carbocycles. The minimum absolute atomic E-state index is 0.0796. The molecule has 5 heteroatoms. The van der Waals surface area contributed by atoms with Gasteiger partial charge in [-0.05, 0) is 51.2 Å². The number of nitrogens with one attached hydrogen (secondary N) is 2. The molecular formula is C20H33N3O2. The molecule has 2 N–H and O–H groups in total. The summed E-state index contributed by atoms with van der Waals surface area (Å²) < 4.78 is 5.38. The Balaban J connectivity index is 1.64. The van der Waals surface area contributed by atoms with Gasteiger partial charge in [0.2, 0.25) is 0 Å². The molecule has 1 fully saturated rings. The van der Waals surface area contributed by atoms with Crippen LogP contribution in [0.2, 0.25) is 0 Å². The van der Waals surface area contributed by atoms with Gasteiger partial charge in [0.25, 0.3) is 0 Å². The van der Waals surface area contributed by atoms with Crippen molar-refractivity contribution in [3.63, 3.8) is 0 Å². The normalized spacial score (nSPS) is 17.3. The number of carbonyl (C=O) groups is 1. The highest BCUT2D eigenvalue weighted by atomic mass is 16.5. The lowest BCUT2D eigenvalue weighted by Gasteiger charge is -2.31. The average molecular weight is 348 g/mol. The Bertz CT molecular complexity index is 554.